The van der Waals surface area contributed by atoms with Gasteiger partial charge in [-0.05, 0) is 49.9 Å². The largest absolute Gasteiger partial charge is 0.324 e. The highest BCUT2D eigenvalue weighted by Gasteiger charge is 2.24. The minimum Gasteiger partial charge on any atom is -0.324 e. The zero-order chi connectivity index (χ0) is 16.9. The molecule has 1 atom stereocenters. The lowest BCUT2D eigenvalue weighted by molar-refractivity contribution is 0.101. The Kier molecular flexibility index (Phi) is 4.88. The van der Waals surface area contributed by atoms with Gasteiger partial charge in [0.1, 0.15) is 12.7 Å². The first-order chi connectivity index (χ1) is 11.6. The second-order valence-corrected chi connectivity index (χ2v) is 6.14. The number of ketones is 1. The standard InChI is InChI=1S/C17H21N5O2/c1-13(23)15-4-6-16(7-5-15)20-17(24)21-8-2-3-14(9-21)10-22-12-18-11-19-22/h4-7,11-12,14H,2-3,8-10H2,1H3,(H,20,24)/t14-/m0/s1. The van der Waals surface area contributed by atoms with Gasteiger partial charge in [0.15, 0.2) is 5.78 Å². The van der Waals surface area contributed by atoms with E-state index in [1.165, 1.54) is 13.3 Å². The Balaban J connectivity index is 1.56. The molecule has 24 heavy (non-hydrogen) atoms. The number of aromatic nitrogens is 3. The van der Waals surface area contributed by atoms with Crippen molar-refractivity contribution in [1.29, 1.82) is 0 Å². The van der Waals surface area contributed by atoms with Crippen molar-refractivity contribution in [3.8, 4) is 0 Å². The Bertz CT molecular complexity index is 696. The summed E-state index contributed by atoms with van der Waals surface area (Å²) in [6.07, 6.45) is 5.29. The van der Waals surface area contributed by atoms with E-state index in [4.69, 9.17) is 0 Å². The van der Waals surface area contributed by atoms with Crippen LogP contribution in [0.3, 0.4) is 0 Å². The van der Waals surface area contributed by atoms with Crippen LogP contribution in [0.4, 0.5) is 10.5 Å². The number of hydrogen-bond acceptors (Lipinski definition) is 4. The van der Waals surface area contributed by atoms with Crippen molar-refractivity contribution < 1.29 is 9.59 Å². The van der Waals surface area contributed by atoms with Crippen molar-refractivity contribution in [2.45, 2.75) is 26.3 Å². The molecule has 7 nitrogen and oxygen atoms in total. The topological polar surface area (TPSA) is 80.1 Å². The summed E-state index contributed by atoms with van der Waals surface area (Å²) in [7, 11) is 0. The predicted molar refractivity (Wildman–Crippen MR) is 89.8 cm³/mol. The summed E-state index contributed by atoms with van der Waals surface area (Å²) in [5, 5.41) is 7.03. The molecule has 1 fully saturated rings. The molecule has 1 aromatic heterocycles. The fourth-order valence-corrected chi connectivity index (χ4v) is 2.98. The van der Waals surface area contributed by atoms with Gasteiger partial charge in [-0.2, -0.15) is 5.10 Å². The normalized spacial score (nSPS) is 17.5. The molecule has 1 saturated heterocycles. The van der Waals surface area contributed by atoms with E-state index in [0.29, 0.717) is 23.7 Å². The number of nitrogens with one attached hydrogen (secondary N) is 1. The number of likely N-dealkylation sites (tertiary alicyclic amines) is 1. The number of Topliss-reactive ketones (excluding diaryl/α,β-unsaturated/α-hetero) is 1. The molecule has 3 rings (SSSR count). The second kappa shape index (κ2) is 7.25. The van der Waals surface area contributed by atoms with E-state index >= 15 is 0 Å². The van der Waals surface area contributed by atoms with Gasteiger partial charge in [0.25, 0.3) is 0 Å². The first kappa shape index (κ1) is 16.2. The molecule has 0 radical (unpaired) electrons. The van der Waals surface area contributed by atoms with E-state index < -0.39 is 0 Å². The Morgan fingerprint density at radius 2 is 2.08 bits per heavy atom. The second-order valence-electron chi connectivity index (χ2n) is 6.14. The van der Waals surface area contributed by atoms with Gasteiger partial charge in [0.2, 0.25) is 0 Å². The van der Waals surface area contributed by atoms with Crippen LogP contribution in [0.25, 0.3) is 0 Å². The average Bonchev–Trinajstić information content (AvgIpc) is 3.08. The zero-order valence-corrected chi connectivity index (χ0v) is 13.7. The van der Waals surface area contributed by atoms with Crippen LogP contribution in [0.1, 0.15) is 30.1 Å². The van der Waals surface area contributed by atoms with Crippen molar-refractivity contribution >= 4 is 17.5 Å². The van der Waals surface area contributed by atoms with E-state index in [1.54, 1.807) is 30.6 Å². The molecular formula is C17H21N5O2. The predicted octanol–water partition coefficient (Wildman–Crippen LogP) is 2.42. The smallest absolute Gasteiger partial charge is 0.321 e. The SMILES string of the molecule is CC(=O)c1ccc(NC(=O)N2CCC[C@H](Cn3cncn3)C2)cc1. The van der Waals surface area contributed by atoms with Crippen LogP contribution in [-0.4, -0.2) is 44.6 Å². The quantitative estimate of drug-likeness (QED) is 0.875. The third kappa shape index (κ3) is 3.98. The van der Waals surface area contributed by atoms with E-state index in [9.17, 15) is 9.59 Å². The lowest BCUT2D eigenvalue weighted by Gasteiger charge is -2.32. The Morgan fingerprint density at radius 3 is 2.75 bits per heavy atom. The molecule has 1 aromatic carbocycles. The maximum Gasteiger partial charge on any atom is 0.321 e. The Labute approximate surface area is 140 Å². The maximum atomic E-state index is 12.4. The summed E-state index contributed by atoms with van der Waals surface area (Å²) in [6, 6.07) is 6.86. The number of piperidine rings is 1. The van der Waals surface area contributed by atoms with E-state index in [-0.39, 0.29) is 11.8 Å². The highest BCUT2D eigenvalue weighted by atomic mass is 16.2. The molecule has 1 aliphatic heterocycles. The van der Waals surface area contributed by atoms with Crippen LogP contribution < -0.4 is 5.32 Å². The highest BCUT2D eigenvalue weighted by molar-refractivity contribution is 5.95. The molecule has 0 aliphatic carbocycles. The van der Waals surface area contributed by atoms with Crippen LogP contribution in [0.15, 0.2) is 36.9 Å². The minimum absolute atomic E-state index is 0.0138. The number of nitrogens with zero attached hydrogens (tertiary/aromatic N) is 4. The monoisotopic (exact) mass is 327 g/mol. The van der Waals surface area contributed by atoms with Gasteiger partial charge in [-0.15, -0.1) is 0 Å². The van der Waals surface area contributed by atoms with Crippen molar-refractivity contribution in [2.24, 2.45) is 5.92 Å². The molecule has 2 amide bonds. The molecule has 0 bridgehead atoms. The molecule has 2 heterocycles. The van der Waals surface area contributed by atoms with E-state index in [1.807, 2.05) is 9.58 Å². The third-order valence-corrected chi connectivity index (χ3v) is 4.26. The fraction of sp³-hybridized carbons (Fsp3) is 0.412. The fourth-order valence-electron chi connectivity index (χ4n) is 2.98. The number of benzene rings is 1. The number of carbonyl (C=O) groups excluding carboxylic acids is 2. The number of hydrogen-bond donors (Lipinski definition) is 1. The summed E-state index contributed by atoms with van der Waals surface area (Å²) >= 11 is 0. The lowest BCUT2D eigenvalue weighted by Crippen LogP contribution is -2.43. The van der Waals surface area contributed by atoms with Crippen LogP contribution >= 0.6 is 0 Å². The van der Waals surface area contributed by atoms with E-state index in [0.717, 1.165) is 25.9 Å². The van der Waals surface area contributed by atoms with Gasteiger partial charge in [-0.1, -0.05) is 0 Å². The summed E-state index contributed by atoms with van der Waals surface area (Å²) in [5.41, 5.74) is 1.34. The first-order valence-electron chi connectivity index (χ1n) is 8.11. The molecule has 1 aliphatic rings. The van der Waals surface area contributed by atoms with Crippen LogP contribution in [0, 0.1) is 5.92 Å². The average molecular weight is 327 g/mol. The van der Waals surface area contributed by atoms with Crippen LogP contribution in [0.5, 0.6) is 0 Å². The van der Waals surface area contributed by atoms with Gasteiger partial charge in [0.05, 0.1) is 0 Å². The van der Waals surface area contributed by atoms with Gasteiger partial charge in [-0.3, -0.25) is 9.48 Å². The molecule has 7 heteroatoms. The molecule has 0 spiro atoms. The molecule has 0 saturated carbocycles. The molecule has 0 unspecified atom stereocenters. The van der Waals surface area contributed by atoms with Gasteiger partial charge in [0, 0.05) is 30.9 Å². The van der Waals surface area contributed by atoms with Crippen molar-refractivity contribution in [1.82, 2.24) is 19.7 Å². The Morgan fingerprint density at radius 1 is 1.29 bits per heavy atom. The number of anilines is 1. The van der Waals surface area contributed by atoms with Gasteiger partial charge < -0.3 is 10.2 Å². The van der Waals surface area contributed by atoms with Crippen LogP contribution in [0.2, 0.25) is 0 Å². The van der Waals surface area contributed by atoms with Crippen molar-refractivity contribution in [3.05, 3.63) is 42.5 Å². The number of amides is 2. The number of urea groups is 1. The van der Waals surface area contributed by atoms with Gasteiger partial charge in [-0.25, -0.2) is 9.78 Å². The summed E-state index contributed by atoms with van der Waals surface area (Å²) < 4.78 is 1.81. The minimum atomic E-state index is -0.103. The van der Waals surface area contributed by atoms with Crippen molar-refractivity contribution in [2.75, 3.05) is 18.4 Å². The first-order valence-corrected chi connectivity index (χ1v) is 8.11. The summed E-state index contributed by atoms with van der Waals surface area (Å²) in [6.45, 7) is 3.76. The Hall–Kier alpha value is -2.70. The number of rotatable bonds is 4. The maximum absolute atomic E-state index is 12.4. The van der Waals surface area contributed by atoms with E-state index in [2.05, 4.69) is 15.4 Å². The third-order valence-electron chi connectivity index (χ3n) is 4.26. The lowest BCUT2D eigenvalue weighted by atomic mass is 9.98. The molecule has 126 valence electrons. The summed E-state index contributed by atoms with van der Waals surface area (Å²) in [4.78, 5) is 29.5. The zero-order valence-electron chi connectivity index (χ0n) is 13.7. The summed E-state index contributed by atoms with van der Waals surface area (Å²) in [5.74, 6) is 0.395. The molecule has 2 aromatic rings. The molecule has 1 N–H and O–H groups in total. The van der Waals surface area contributed by atoms with Gasteiger partial charge >= 0.3 is 6.03 Å². The number of carbonyl (C=O) groups is 2. The van der Waals surface area contributed by atoms with Crippen molar-refractivity contribution in [3.63, 3.8) is 0 Å². The molecular weight excluding hydrogens is 306 g/mol. The van der Waals surface area contributed by atoms with Crippen LogP contribution in [-0.2, 0) is 6.54 Å². The highest BCUT2D eigenvalue weighted by Crippen LogP contribution is 2.19.